The van der Waals surface area contributed by atoms with Crippen molar-refractivity contribution in [1.29, 1.82) is 0 Å². The maximum atomic E-state index is 10.9. The molecule has 1 saturated heterocycles. The van der Waals surface area contributed by atoms with Gasteiger partial charge < -0.3 is 20.1 Å². The molecule has 0 aliphatic carbocycles. The SMILES string of the molecule is O=C(O)N1CCNC(CCOc2ccccc2)C1. The van der Waals surface area contributed by atoms with E-state index >= 15 is 0 Å². The lowest BCUT2D eigenvalue weighted by Gasteiger charge is -2.31. The third-order valence-corrected chi connectivity index (χ3v) is 3.00. The fourth-order valence-electron chi connectivity index (χ4n) is 2.03. The van der Waals surface area contributed by atoms with E-state index < -0.39 is 6.09 Å². The summed E-state index contributed by atoms with van der Waals surface area (Å²) in [4.78, 5) is 12.3. The number of hydrogen-bond acceptors (Lipinski definition) is 3. The molecule has 5 heteroatoms. The van der Waals surface area contributed by atoms with Gasteiger partial charge in [0.25, 0.3) is 0 Å². The Hall–Kier alpha value is -1.75. The number of para-hydroxylation sites is 1. The Morgan fingerprint density at radius 2 is 2.22 bits per heavy atom. The van der Waals surface area contributed by atoms with Crippen molar-refractivity contribution in [3.05, 3.63) is 30.3 Å². The molecule has 5 nitrogen and oxygen atoms in total. The first-order valence-electron chi connectivity index (χ1n) is 6.15. The maximum absolute atomic E-state index is 10.9. The van der Waals surface area contributed by atoms with E-state index in [0.29, 0.717) is 26.2 Å². The Morgan fingerprint density at radius 1 is 1.44 bits per heavy atom. The lowest BCUT2D eigenvalue weighted by Crippen LogP contribution is -2.52. The molecular formula is C13H18N2O3. The number of hydrogen-bond donors (Lipinski definition) is 2. The van der Waals surface area contributed by atoms with Crippen LogP contribution in [0.2, 0.25) is 0 Å². The molecule has 0 radical (unpaired) electrons. The number of piperazine rings is 1. The lowest BCUT2D eigenvalue weighted by atomic mass is 10.1. The monoisotopic (exact) mass is 250 g/mol. The van der Waals surface area contributed by atoms with Crippen molar-refractivity contribution in [3.8, 4) is 5.75 Å². The molecule has 18 heavy (non-hydrogen) atoms. The van der Waals surface area contributed by atoms with Crippen LogP contribution in [-0.2, 0) is 0 Å². The van der Waals surface area contributed by atoms with Crippen LogP contribution in [0.1, 0.15) is 6.42 Å². The van der Waals surface area contributed by atoms with Gasteiger partial charge in [-0.3, -0.25) is 0 Å². The molecule has 1 aromatic rings. The number of ether oxygens (including phenoxy) is 1. The van der Waals surface area contributed by atoms with Crippen molar-refractivity contribution in [2.24, 2.45) is 0 Å². The van der Waals surface area contributed by atoms with Crippen LogP contribution in [0.4, 0.5) is 4.79 Å². The normalized spacial score (nSPS) is 19.6. The van der Waals surface area contributed by atoms with Crippen molar-refractivity contribution in [3.63, 3.8) is 0 Å². The number of benzene rings is 1. The summed E-state index contributed by atoms with van der Waals surface area (Å²) in [5.41, 5.74) is 0. The van der Waals surface area contributed by atoms with Crippen LogP contribution in [0.25, 0.3) is 0 Å². The number of carboxylic acid groups (broad SMARTS) is 1. The molecule has 0 saturated carbocycles. The first-order chi connectivity index (χ1) is 8.75. The smallest absolute Gasteiger partial charge is 0.407 e. The second kappa shape index (κ2) is 6.26. The Labute approximate surface area is 106 Å². The molecule has 1 aliphatic heterocycles. The predicted octanol–water partition coefficient (Wildman–Crippen LogP) is 1.41. The number of nitrogens with zero attached hydrogens (tertiary/aromatic N) is 1. The maximum Gasteiger partial charge on any atom is 0.407 e. The molecule has 1 aromatic carbocycles. The van der Waals surface area contributed by atoms with E-state index in [1.54, 1.807) is 0 Å². The zero-order valence-corrected chi connectivity index (χ0v) is 10.2. The van der Waals surface area contributed by atoms with E-state index in [2.05, 4.69) is 5.32 Å². The zero-order valence-electron chi connectivity index (χ0n) is 10.2. The summed E-state index contributed by atoms with van der Waals surface area (Å²) in [6.07, 6.45) is -0.0379. The molecule has 1 atom stereocenters. The lowest BCUT2D eigenvalue weighted by molar-refractivity contribution is 0.124. The number of rotatable bonds is 4. The quantitative estimate of drug-likeness (QED) is 0.848. The van der Waals surface area contributed by atoms with Gasteiger partial charge in [-0.2, -0.15) is 0 Å². The Balaban J connectivity index is 1.72. The van der Waals surface area contributed by atoms with Crippen LogP contribution in [-0.4, -0.2) is 48.4 Å². The van der Waals surface area contributed by atoms with E-state index in [0.717, 1.165) is 12.2 Å². The molecule has 1 unspecified atom stereocenters. The van der Waals surface area contributed by atoms with E-state index in [1.165, 1.54) is 4.90 Å². The predicted molar refractivity (Wildman–Crippen MR) is 67.9 cm³/mol. The molecule has 0 spiro atoms. The largest absolute Gasteiger partial charge is 0.494 e. The number of nitrogens with one attached hydrogen (secondary N) is 1. The molecule has 98 valence electrons. The topological polar surface area (TPSA) is 61.8 Å². The van der Waals surface area contributed by atoms with Gasteiger partial charge in [0.2, 0.25) is 0 Å². The fraction of sp³-hybridized carbons (Fsp3) is 0.462. The third kappa shape index (κ3) is 3.63. The highest BCUT2D eigenvalue weighted by Crippen LogP contribution is 2.10. The van der Waals surface area contributed by atoms with Gasteiger partial charge in [-0.15, -0.1) is 0 Å². The summed E-state index contributed by atoms with van der Waals surface area (Å²) >= 11 is 0. The van der Waals surface area contributed by atoms with Crippen molar-refractivity contribution in [1.82, 2.24) is 10.2 Å². The van der Waals surface area contributed by atoms with Crippen LogP contribution in [0.5, 0.6) is 5.75 Å². The van der Waals surface area contributed by atoms with Gasteiger partial charge in [-0.05, 0) is 18.6 Å². The van der Waals surface area contributed by atoms with Crippen molar-refractivity contribution >= 4 is 6.09 Å². The van der Waals surface area contributed by atoms with Gasteiger partial charge in [-0.1, -0.05) is 18.2 Å². The van der Waals surface area contributed by atoms with Gasteiger partial charge >= 0.3 is 6.09 Å². The summed E-state index contributed by atoms with van der Waals surface area (Å²) in [5.74, 6) is 0.850. The van der Waals surface area contributed by atoms with Gasteiger partial charge in [0.05, 0.1) is 6.61 Å². The zero-order chi connectivity index (χ0) is 12.8. The molecule has 1 amide bonds. The molecule has 1 fully saturated rings. The van der Waals surface area contributed by atoms with E-state index in [4.69, 9.17) is 9.84 Å². The number of carbonyl (C=O) groups is 1. The average molecular weight is 250 g/mol. The van der Waals surface area contributed by atoms with E-state index in [-0.39, 0.29) is 6.04 Å². The summed E-state index contributed by atoms with van der Waals surface area (Å²) in [5, 5.41) is 12.2. The van der Waals surface area contributed by atoms with Crippen molar-refractivity contribution in [2.75, 3.05) is 26.2 Å². The highest BCUT2D eigenvalue weighted by atomic mass is 16.5. The first-order valence-corrected chi connectivity index (χ1v) is 6.15. The third-order valence-electron chi connectivity index (χ3n) is 3.00. The summed E-state index contributed by atoms with van der Waals surface area (Å²) in [6.45, 7) is 2.40. The average Bonchev–Trinajstić information content (AvgIpc) is 2.40. The summed E-state index contributed by atoms with van der Waals surface area (Å²) in [6, 6.07) is 9.81. The van der Waals surface area contributed by atoms with Crippen LogP contribution in [0.3, 0.4) is 0 Å². The molecule has 0 aromatic heterocycles. The second-order valence-electron chi connectivity index (χ2n) is 4.33. The number of amides is 1. The van der Waals surface area contributed by atoms with Crippen molar-refractivity contribution in [2.45, 2.75) is 12.5 Å². The molecular weight excluding hydrogens is 232 g/mol. The molecule has 1 aliphatic rings. The minimum Gasteiger partial charge on any atom is -0.494 e. The van der Waals surface area contributed by atoms with Gasteiger partial charge in [0.1, 0.15) is 5.75 Å². The Kier molecular flexibility index (Phi) is 4.41. The fourth-order valence-corrected chi connectivity index (χ4v) is 2.03. The van der Waals surface area contributed by atoms with E-state index in [9.17, 15) is 4.79 Å². The van der Waals surface area contributed by atoms with E-state index in [1.807, 2.05) is 30.3 Å². The van der Waals surface area contributed by atoms with Crippen LogP contribution in [0.15, 0.2) is 30.3 Å². The minimum absolute atomic E-state index is 0.179. The molecule has 0 bridgehead atoms. The molecule has 2 rings (SSSR count). The van der Waals surface area contributed by atoms with Gasteiger partial charge in [0.15, 0.2) is 0 Å². The highest BCUT2D eigenvalue weighted by molar-refractivity contribution is 5.65. The van der Waals surface area contributed by atoms with Crippen LogP contribution >= 0.6 is 0 Å². The minimum atomic E-state index is -0.842. The van der Waals surface area contributed by atoms with Crippen molar-refractivity contribution < 1.29 is 14.6 Å². The van der Waals surface area contributed by atoms with Gasteiger partial charge in [-0.25, -0.2) is 4.79 Å². The highest BCUT2D eigenvalue weighted by Gasteiger charge is 2.22. The van der Waals surface area contributed by atoms with Gasteiger partial charge in [0, 0.05) is 25.7 Å². The Bertz CT molecular complexity index is 383. The molecule has 2 N–H and O–H groups in total. The van der Waals surface area contributed by atoms with Crippen LogP contribution in [0, 0.1) is 0 Å². The summed E-state index contributed by atoms with van der Waals surface area (Å²) in [7, 11) is 0. The first kappa shape index (κ1) is 12.7. The Morgan fingerprint density at radius 3 is 2.94 bits per heavy atom. The second-order valence-corrected chi connectivity index (χ2v) is 4.33. The van der Waals surface area contributed by atoms with Crippen LogP contribution < -0.4 is 10.1 Å². The molecule has 1 heterocycles. The standard InChI is InChI=1S/C13H18N2O3/c16-13(17)15-8-7-14-11(10-15)6-9-18-12-4-2-1-3-5-12/h1-5,11,14H,6-10H2,(H,16,17). The summed E-state index contributed by atoms with van der Waals surface area (Å²) < 4.78 is 5.60.